The van der Waals surface area contributed by atoms with Gasteiger partial charge in [0.2, 0.25) is 0 Å². The van der Waals surface area contributed by atoms with E-state index in [0.29, 0.717) is 22.6 Å². The Hall–Kier alpha value is -3.40. The molecule has 0 fully saturated rings. The second kappa shape index (κ2) is 7.04. The number of aryl methyl sites for hydroxylation is 1. The summed E-state index contributed by atoms with van der Waals surface area (Å²) in [6.07, 6.45) is 0. The zero-order valence-corrected chi connectivity index (χ0v) is 12.3. The fraction of sp³-hybridized carbons (Fsp3) is 0.125. The number of nitrogens with zero attached hydrogens (tertiary/aromatic N) is 2. The molecule has 23 heavy (non-hydrogen) atoms. The average molecular weight is 311 g/mol. The molecule has 0 aliphatic rings. The molecule has 0 radical (unpaired) electrons. The third kappa shape index (κ3) is 4.28. The van der Waals surface area contributed by atoms with Crippen molar-refractivity contribution in [1.29, 1.82) is 5.26 Å². The highest BCUT2D eigenvalue weighted by Crippen LogP contribution is 2.21. The van der Waals surface area contributed by atoms with Crippen LogP contribution in [0.5, 0.6) is 5.75 Å². The summed E-state index contributed by atoms with van der Waals surface area (Å²) in [6.45, 7) is 1.46. The van der Waals surface area contributed by atoms with Gasteiger partial charge >= 0.3 is 0 Å². The Bertz CT molecular complexity index is 779. The molecule has 0 saturated carbocycles. The lowest BCUT2D eigenvalue weighted by Gasteiger charge is -2.09. The predicted octanol–water partition coefficient (Wildman–Crippen LogP) is 2.79. The lowest BCUT2D eigenvalue weighted by atomic mass is 10.2. The van der Waals surface area contributed by atoms with Crippen molar-refractivity contribution in [2.24, 2.45) is 0 Å². The smallest absolute Gasteiger partial charge is 0.269 e. The van der Waals surface area contributed by atoms with Gasteiger partial charge in [0.15, 0.2) is 6.61 Å². The monoisotopic (exact) mass is 311 g/mol. The molecule has 0 spiro atoms. The van der Waals surface area contributed by atoms with E-state index in [1.807, 2.05) is 6.07 Å². The number of carbonyl (C=O) groups excluding carboxylic acids is 1. The van der Waals surface area contributed by atoms with E-state index in [0.717, 1.165) is 0 Å². The number of nitro groups is 1. The number of amides is 1. The third-order valence-electron chi connectivity index (χ3n) is 3.05. The quantitative estimate of drug-likeness (QED) is 0.675. The first kappa shape index (κ1) is 16.0. The maximum atomic E-state index is 11.9. The molecule has 2 aromatic rings. The molecular weight excluding hydrogens is 298 g/mol. The van der Waals surface area contributed by atoms with Gasteiger partial charge in [-0.05, 0) is 42.8 Å². The van der Waals surface area contributed by atoms with Crippen LogP contribution in [0, 0.1) is 28.4 Å². The molecule has 0 heterocycles. The van der Waals surface area contributed by atoms with Gasteiger partial charge in [-0.15, -0.1) is 0 Å². The van der Waals surface area contributed by atoms with Gasteiger partial charge in [0, 0.05) is 17.8 Å². The Morgan fingerprint density at radius 3 is 2.57 bits per heavy atom. The van der Waals surface area contributed by atoms with Crippen LogP contribution < -0.4 is 10.1 Å². The molecule has 7 heteroatoms. The van der Waals surface area contributed by atoms with Gasteiger partial charge in [0.05, 0.1) is 16.6 Å². The summed E-state index contributed by atoms with van der Waals surface area (Å²) < 4.78 is 5.31. The summed E-state index contributed by atoms with van der Waals surface area (Å²) in [7, 11) is 0. The van der Waals surface area contributed by atoms with Gasteiger partial charge in [-0.2, -0.15) is 5.26 Å². The zero-order chi connectivity index (χ0) is 16.8. The summed E-state index contributed by atoms with van der Waals surface area (Å²) in [5.41, 5.74) is 1.55. The molecular formula is C16H13N3O4. The van der Waals surface area contributed by atoms with E-state index < -0.39 is 4.92 Å². The van der Waals surface area contributed by atoms with Crippen LogP contribution in [0.25, 0.3) is 0 Å². The predicted molar refractivity (Wildman–Crippen MR) is 83.1 cm³/mol. The van der Waals surface area contributed by atoms with E-state index in [2.05, 4.69) is 5.32 Å². The first-order valence-corrected chi connectivity index (χ1v) is 6.67. The van der Waals surface area contributed by atoms with E-state index in [1.165, 1.54) is 18.2 Å². The van der Waals surface area contributed by atoms with Crippen molar-refractivity contribution >= 4 is 17.3 Å². The Morgan fingerprint density at radius 1 is 1.30 bits per heavy atom. The van der Waals surface area contributed by atoms with E-state index in [-0.39, 0.29) is 18.2 Å². The van der Waals surface area contributed by atoms with Crippen molar-refractivity contribution in [2.75, 3.05) is 11.9 Å². The lowest BCUT2D eigenvalue weighted by Crippen LogP contribution is -2.20. The molecule has 2 rings (SSSR count). The van der Waals surface area contributed by atoms with Crippen molar-refractivity contribution in [3.8, 4) is 11.8 Å². The summed E-state index contributed by atoms with van der Waals surface area (Å²) in [5, 5.41) is 22.0. The first-order chi connectivity index (χ1) is 11.0. The van der Waals surface area contributed by atoms with Crippen LogP contribution in [-0.4, -0.2) is 17.4 Å². The molecule has 1 amide bonds. The van der Waals surface area contributed by atoms with Crippen molar-refractivity contribution in [3.63, 3.8) is 0 Å². The minimum absolute atomic E-state index is 0.0330. The molecule has 7 nitrogen and oxygen atoms in total. The van der Waals surface area contributed by atoms with Crippen molar-refractivity contribution in [3.05, 3.63) is 63.7 Å². The number of nitro benzene ring substituents is 1. The molecule has 0 aliphatic heterocycles. The number of hydrogen-bond acceptors (Lipinski definition) is 5. The van der Waals surface area contributed by atoms with Crippen LogP contribution in [0.3, 0.4) is 0 Å². The van der Waals surface area contributed by atoms with Gasteiger partial charge in [-0.1, -0.05) is 0 Å². The van der Waals surface area contributed by atoms with Gasteiger partial charge in [-0.3, -0.25) is 14.9 Å². The number of rotatable bonds is 5. The number of anilines is 1. The second-order valence-corrected chi connectivity index (χ2v) is 4.73. The topological polar surface area (TPSA) is 105 Å². The SMILES string of the molecule is Cc1cc([N+](=O)[O-])ccc1NC(=O)COc1ccc(C#N)cc1. The van der Waals surface area contributed by atoms with Gasteiger partial charge < -0.3 is 10.1 Å². The Balaban J connectivity index is 1.94. The van der Waals surface area contributed by atoms with Crippen LogP contribution in [0.2, 0.25) is 0 Å². The normalized spacial score (nSPS) is 9.74. The van der Waals surface area contributed by atoms with Crippen LogP contribution in [-0.2, 0) is 4.79 Å². The molecule has 0 bridgehead atoms. The number of nitrogens with one attached hydrogen (secondary N) is 1. The zero-order valence-electron chi connectivity index (χ0n) is 12.3. The highest BCUT2D eigenvalue weighted by molar-refractivity contribution is 5.92. The summed E-state index contributed by atoms with van der Waals surface area (Å²) in [5.74, 6) is 0.0888. The maximum absolute atomic E-state index is 11.9. The second-order valence-electron chi connectivity index (χ2n) is 4.73. The summed E-state index contributed by atoms with van der Waals surface area (Å²) >= 11 is 0. The van der Waals surface area contributed by atoms with E-state index >= 15 is 0 Å². The molecule has 116 valence electrons. The molecule has 0 aliphatic carbocycles. The average Bonchev–Trinajstić information content (AvgIpc) is 2.55. The highest BCUT2D eigenvalue weighted by Gasteiger charge is 2.10. The Labute approximate surface area is 132 Å². The first-order valence-electron chi connectivity index (χ1n) is 6.67. The largest absolute Gasteiger partial charge is 0.484 e. The maximum Gasteiger partial charge on any atom is 0.269 e. The molecule has 2 aromatic carbocycles. The standard InChI is InChI=1S/C16H13N3O4/c1-11-8-13(19(21)22)4-7-15(11)18-16(20)10-23-14-5-2-12(9-17)3-6-14/h2-8H,10H2,1H3,(H,18,20). The summed E-state index contributed by atoms with van der Waals surface area (Å²) in [6, 6.07) is 12.6. The molecule has 0 unspecified atom stereocenters. The van der Waals surface area contributed by atoms with Gasteiger partial charge in [0.25, 0.3) is 11.6 Å². The molecule has 0 saturated heterocycles. The van der Waals surface area contributed by atoms with Gasteiger partial charge in [-0.25, -0.2) is 0 Å². The van der Waals surface area contributed by atoms with E-state index in [9.17, 15) is 14.9 Å². The molecule has 0 atom stereocenters. The highest BCUT2D eigenvalue weighted by atomic mass is 16.6. The number of nitriles is 1. The molecule has 1 N–H and O–H groups in total. The van der Waals surface area contributed by atoms with Crippen molar-refractivity contribution < 1.29 is 14.5 Å². The third-order valence-corrected chi connectivity index (χ3v) is 3.05. The van der Waals surface area contributed by atoms with Crippen LogP contribution >= 0.6 is 0 Å². The van der Waals surface area contributed by atoms with Crippen LogP contribution in [0.15, 0.2) is 42.5 Å². The fourth-order valence-electron chi connectivity index (χ4n) is 1.86. The number of benzene rings is 2. The Kier molecular flexibility index (Phi) is 4.89. The fourth-order valence-corrected chi connectivity index (χ4v) is 1.86. The number of carbonyl (C=O) groups is 1. The minimum atomic E-state index is -0.493. The number of non-ortho nitro benzene ring substituents is 1. The minimum Gasteiger partial charge on any atom is -0.484 e. The van der Waals surface area contributed by atoms with Gasteiger partial charge in [0.1, 0.15) is 5.75 Å². The molecule has 0 aromatic heterocycles. The summed E-state index contributed by atoms with van der Waals surface area (Å²) in [4.78, 5) is 22.0. The lowest BCUT2D eigenvalue weighted by molar-refractivity contribution is -0.384. The van der Waals surface area contributed by atoms with Crippen LogP contribution in [0.4, 0.5) is 11.4 Å². The van der Waals surface area contributed by atoms with E-state index in [1.54, 1.807) is 31.2 Å². The number of ether oxygens (including phenoxy) is 1. The van der Waals surface area contributed by atoms with Crippen molar-refractivity contribution in [1.82, 2.24) is 0 Å². The van der Waals surface area contributed by atoms with Crippen molar-refractivity contribution in [2.45, 2.75) is 6.92 Å². The van der Waals surface area contributed by atoms with E-state index in [4.69, 9.17) is 10.00 Å². The van der Waals surface area contributed by atoms with Crippen LogP contribution in [0.1, 0.15) is 11.1 Å². The number of hydrogen-bond donors (Lipinski definition) is 1. The Morgan fingerprint density at radius 2 is 2.00 bits per heavy atom.